The maximum Gasteiger partial charge on any atom is 0.266 e. The zero-order chi connectivity index (χ0) is 18.0. The number of pyridine rings is 1. The number of amides is 1. The van der Waals surface area contributed by atoms with E-state index in [4.69, 9.17) is 5.26 Å². The van der Waals surface area contributed by atoms with E-state index in [-0.39, 0.29) is 23.1 Å². The van der Waals surface area contributed by atoms with Crippen LogP contribution in [0, 0.1) is 25.2 Å². The lowest BCUT2D eigenvalue weighted by Crippen LogP contribution is -2.27. The molecular weight excluding hydrogens is 314 g/mol. The number of aryl methyl sites for hydroxylation is 1. The Morgan fingerprint density at radius 1 is 1.32 bits per heavy atom. The number of nitrogens with one attached hydrogen (secondary N) is 2. The summed E-state index contributed by atoms with van der Waals surface area (Å²) in [4.78, 5) is 26.7. The number of aromatic nitrogens is 1. The van der Waals surface area contributed by atoms with Gasteiger partial charge in [0, 0.05) is 24.1 Å². The molecule has 1 heterocycles. The highest BCUT2D eigenvalue weighted by atomic mass is 16.1. The first-order chi connectivity index (χ1) is 12.0. The third kappa shape index (κ3) is 3.63. The fraction of sp³-hybridized carbons (Fsp3) is 0.350. The molecule has 2 atom stereocenters. The molecule has 0 saturated heterocycles. The predicted molar refractivity (Wildman–Crippen MR) is 95.3 cm³/mol. The van der Waals surface area contributed by atoms with Gasteiger partial charge in [0.1, 0.15) is 11.6 Å². The van der Waals surface area contributed by atoms with Crippen molar-refractivity contribution in [3.05, 3.63) is 68.6 Å². The SMILES string of the molecule is Cc1[nH]c(=O)c(C#N)c(C)c1CCC(=O)N[C@@H]1C[C@H]1c1ccccc1. The third-order valence-electron chi connectivity index (χ3n) is 4.89. The monoisotopic (exact) mass is 335 g/mol. The van der Waals surface area contributed by atoms with Gasteiger partial charge in [0.25, 0.3) is 5.56 Å². The average molecular weight is 335 g/mol. The summed E-state index contributed by atoms with van der Waals surface area (Å²) < 4.78 is 0. The van der Waals surface area contributed by atoms with Crippen LogP contribution in [-0.4, -0.2) is 16.9 Å². The molecular formula is C20H21N3O2. The molecule has 1 aliphatic rings. The molecule has 1 aliphatic carbocycles. The fourth-order valence-electron chi connectivity index (χ4n) is 3.36. The predicted octanol–water partition coefficient (Wildman–Crippen LogP) is 2.47. The van der Waals surface area contributed by atoms with E-state index in [1.54, 1.807) is 13.8 Å². The summed E-state index contributed by atoms with van der Waals surface area (Å²) in [6, 6.07) is 12.4. The number of hydrogen-bond acceptors (Lipinski definition) is 3. The van der Waals surface area contributed by atoms with Crippen LogP contribution in [0.3, 0.4) is 0 Å². The first kappa shape index (κ1) is 17.0. The van der Waals surface area contributed by atoms with E-state index >= 15 is 0 Å². The molecule has 1 fully saturated rings. The van der Waals surface area contributed by atoms with Gasteiger partial charge in [0.15, 0.2) is 0 Å². The van der Waals surface area contributed by atoms with E-state index in [0.717, 1.165) is 17.7 Å². The van der Waals surface area contributed by atoms with Crippen LogP contribution in [0.4, 0.5) is 0 Å². The number of benzene rings is 1. The average Bonchev–Trinajstić information content (AvgIpc) is 3.34. The maximum absolute atomic E-state index is 12.2. The molecule has 3 rings (SSSR count). The number of aromatic amines is 1. The Bertz CT molecular complexity index is 894. The van der Waals surface area contributed by atoms with Gasteiger partial charge in [-0.1, -0.05) is 30.3 Å². The first-order valence-corrected chi connectivity index (χ1v) is 8.48. The Hall–Kier alpha value is -2.87. The minimum Gasteiger partial charge on any atom is -0.353 e. The molecule has 1 saturated carbocycles. The third-order valence-corrected chi connectivity index (χ3v) is 4.89. The van der Waals surface area contributed by atoms with Crippen LogP contribution in [0.1, 0.15) is 46.7 Å². The highest BCUT2D eigenvalue weighted by molar-refractivity contribution is 5.77. The van der Waals surface area contributed by atoms with Crippen molar-refractivity contribution in [2.75, 3.05) is 0 Å². The van der Waals surface area contributed by atoms with Gasteiger partial charge < -0.3 is 10.3 Å². The van der Waals surface area contributed by atoms with Crippen molar-refractivity contribution in [1.82, 2.24) is 10.3 Å². The van der Waals surface area contributed by atoms with E-state index in [2.05, 4.69) is 22.4 Å². The quantitative estimate of drug-likeness (QED) is 0.880. The molecule has 0 spiro atoms. The van der Waals surface area contributed by atoms with Gasteiger partial charge in [-0.15, -0.1) is 0 Å². The Kier molecular flexibility index (Phi) is 4.71. The van der Waals surface area contributed by atoms with Gasteiger partial charge in [-0.25, -0.2) is 0 Å². The summed E-state index contributed by atoms with van der Waals surface area (Å²) in [6.45, 7) is 3.56. The van der Waals surface area contributed by atoms with Crippen molar-refractivity contribution in [2.45, 2.75) is 45.1 Å². The van der Waals surface area contributed by atoms with Crippen LogP contribution in [0.25, 0.3) is 0 Å². The fourth-order valence-corrected chi connectivity index (χ4v) is 3.36. The number of H-pyrrole nitrogens is 1. The topological polar surface area (TPSA) is 85.8 Å². The van der Waals surface area contributed by atoms with Crippen molar-refractivity contribution < 1.29 is 4.79 Å². The largest absolute Gasteiger partial charge is 0.353 e. The minimum absolute atomic E-state index is 0.00642. The van der Waals surface area contributed by atoms with Gasteiger partial charge >= 0.3 is 0 Å². The second kappa shape index (κ2) is 6.94. The molecule has 1 aromatic heterocycles. The second-order valence-corrected chi connectivity index (χ2v) is 6.60. The van der Waals surface area contributed by atoms with E-state index in [1.165, 1.54) is 5.56 Å². The molecule has 1 amide bonds. The molecule has 0 unspecified atom stereocenters. The molecule has 2 N–H and O–H groups in total. The second-order valence-electron chi connectivity index (χ2n) is 6.60. The van der Waals surface area contributed by atoms with Crippen molar-refractivity contribution in [1.29, 1.82) is 5.26 Å². The van der Waals surface area contributed by atoms with Gasteiger partial charge in [0.2, 0.25) is 5.91 Å². The van der Waals surface area contributed by atoms with Gasteiger partial charge in [-0.2, -0.15) is 5.26 Å². The summed E-state index contributed by atoms with van der Waals surface area (Å²) >= 11 is 0. The Balaban J connectivity index is 1.59. The van der Waals surface area contributed by atoms with Gasteiger partial charge in [-0.05, 0) is 43.4 Å². The maximum atomic E-state index is 12.2. The Morgan fingerprint density at radius 2 is 2.04 bits per heavy atom. The Labute approximate surface area is 146 Å². The normalized spacial score (nSPS) is 18.4. The number of carbonyl (C=O) groups excluding carboxylic acids is 1. The summed E-state index contributed by atoms with van der Waals surface area (Å²) in [7, 11) is 0. The minimum atomic E-state index is -0.366. The van der Waals surface area contributed by atoms with E-state index in [1.807, 2.05) is 24.3 Å². The van der Waals surface area contributed by atoms with Crippen molar-refractivity contribution in [3.63, 3.8) is 0 Å². The lowest BCUT2D eigenvalue weighted by atomic mass is 9.99. The standard InChI is InChI=1S/C20H21N3O2/c1-12-15(13(2)22-20(25)17(12)11-21)8-9-19(24)23-18-10-16(18)14-6-4-3-5-7-14/h3-7,16,18H,8-10H2,1-2H3,(H,22,25)(H,23,24)/t16-,18+/m0/s1. The van der Waals surface area contributed by atoms with E-state index in [9.17, 15) is 9.59 Å². The molecule has 128 valence electrons. The molecule has 1 aromatic carbocycles. The smallest absolute Gasteiger partial charge is 0.266 e. The molecule has 0 aliphatic heterocycles. The molecule has 5 nitrogen and oxygen atoms in total. The molecule has 25 heavy (non-hydrogen) atoms. The Morgan fingerprint density at radius 3 is 2.72 bits per heavy atom. The number of nitrogens with zero attached hydrogens (tertiary/aromatic N) is 1. The number of nitriles is 1. The number of rotatable bonds is 5. The molecule has 5 heteroatoms. The van der Waals surface area contributed by atoms with Crippen LogP contribution in [0.5, 0.6) is 0 Å². The summed E-state index contributed by atoms with van der Waals surface area (Å²) in [5.74, 6) is 0.416. The lowest BCUT2D eigenvalue weighted by molar-refractivity contribution is -0.121. The van der Waals surface area contributed by atoms with Gasteiger partial charge in [0.05, 0.1) is 0 Å². The molecule has 0 bridgehead atoms. The van der Waals surface area contributed by atoms with E-state index < -0.39 is 0 Å². The number of hydrogen-bond donors (Lipinski definition) is 2. The van der Waals surface area contributed by atoms with Crippen molar-refractivity contribution in [3.8, 4) is 6.07 Å². The first-order valence-electron chi connectivity index (χ1n) is 8.48. The molecule has 0 radical (unpaired) electrons. The molecule has 2 aromatic rings. The van der Waals surface area contributed by atoms with Gasteiger partial charge in [-0.3, -0.25) is 9.59 Å². The van der Waals surface area contributed by atoms with Crippen LogP contribution < -0.4 is 10.9 Å². The highest BCUT2D eigenvalue weighted by Crippen LogP contribution is 2.40. The number of carbonyl (C=O) groups is 1. The zero-order valence-corrected chi connectivity index (χ0v) is 14.4. The van der Waals surface area contributed by atoms with Crippen LogP contribution in [-0.2, 0) is 11.2 Å². The van der Waals surface area contributed by atoms with Crippen LogP contribution in [0.15, 0.2) is 35.1 Å². The summed E-state index contributed by atoms with van der Waals surface area (Å²) in [6.07, 6.45) is 1.83. The van der Waals surface area contributed by atoms with Crippen LogP contribution >= 0.6 is 0 Å². The lowest BCUT2D eigenvalue weighted by Gasteiger charge is -2.11. The highest BCUT2D eigenvalue weighted by Gasteiger charge is 2.39. The summed E-state index contributed by atoms with van der Waals surface area (Å²) in [5, 5.41) is 12.2. The van der Waals surface area contributed by atoms with Crippen LogP contribution in [0.2, 0.25) is 0 Å². The zero-order valence-electron chi connectivity index (χ0n) is 14.4. The van der Waals surface area contributed by atoms with E-state index in [0.29, 0.717) is 24.3 Å². The van der Waals surface area contributed by atoms with Crippen molar-refractivity contribution >= 4 is 5.91 Å². The summed E-state index contributed by atoms with van der Waals surface area (Å²) in [5.41, 5.74) is 3.30. The van der Waals surface area contributed by atoms with Crippen molar-refractivity contribution in [2.24, 2.45) is 0 Å².